The van der Waals surface area contributed by atoms with E-state index in [9.17, 15) is 9.59 Å². The Morgan fingerprint density at radius 1 is 1.11 bits per heavy atom. The van der Waals surface area contributed by atoms with Crippen molar-refractivity contribution in [3.8, 4) is 0 Å². The molecule has 2 N–H and O–H groups in total. The van der Waals surface area contributed by atoms with Crippen molar-refractivity contribution in [2.75, 3.05) is 5.32 Å². The van der Waals surface area contributed by atoms with Crippen molar-refractivity contribution in [2.24, 2.45) is 0 Å². The Labute approximate surface area is 160 Å². The Balaban J connectivity index is 1.94. The summed E-state index contributed by atoms with van der Waals surface area (Å²) < 4.78 is 1.91. The lowest BCUT2D eigenvalue weighted by molar-refractivity contribution is 0.0903. The lowest BCUT2D eigenvalue weighted by Crippen LogP contribution is -2.42. The number of imidazole rings is 1. The van der Waals surface area contributed by atoms with E-state index in [2.05, 4.69) is 15.6 Å². The van der Waals surface area contributed by atoms with Gasteiger partial charge in [-0.2, -0.15) is 0 Å². The average Bonchev–Trinajstić information content (AvgIpc) is 2.96. The first kappa shape index (κ1) is 19.1. The van der Waals surface area contributed by atoms with Gasteiger partial charge in [0.15, 0.2) is 11.5 Å². The van der Waals surface area contributed by atoms with Gasteiger partial charge in [0.1, 0.15) is 0 Å². The van der Waals surface area contributed by atoms with Crippen LogP contribution in [-0.2, 0) is 13.0 Å². The predicted molar refractivity (Wildman–Crippen MR) is 106 cm³/mol. The van der Waals surface area contributed by atoms with Crippen LogP contribution in [0.15, 0.2) is 18.2 Å². The van der Waals surface area contributed by atoms with Crippen LogP contribution in [0, 0.1) is 13.8 Å². The number of nitrogens with one attached hydrogen (secondary N) is 2. The fraction of sp³-hybridized carbons (Fsp3) is 0.476. The number of nitrogens with zero attached hydrogens (tertiary/aromatic N) is 2. The van der Waals surface area contributed by atoms with Crippen molar-refractivity contribution in [3.05, 3.63) is 46.5 Å². The molecular weight excluding hydrogens is 340 g/mol. The molecule has 144 valence electrons. The molecule has 6 nitrogen and oxygen atoms in total. The van der Waals surface area contributed by atoms with Crippen molar-refractivity contribution < 1.29 is 9.59 Å². The van der Waals surface area contributed by atoms with Gasteiger partial charge in [-0.1, -0.05) is 12.1 Å². The Morgan fingerprint density at radius 3 is 2.56 bits per heavy atom. The van der Waals surface area contributed by atoms with Gasteiger partial charge in [-0.15, -0.1) is 0 Å². The molecule has 1 aromatic heterocycles. The van der Waals surface area contributed by atoms with Gasteiger partial charge in [0.2, 0.25) is 0 Å². The SMILES string of the molecule is Cc1ccc(C)c(NC(=O)c2nc(C(=O)NC(C)(C)C)n3c2CCCC3)c1. The number of anilines is 1. The largest absolute Gasteiger partial charge is 0.345 e. The standard InChI is InChI=1S/C21H28N4O2/c1-13-9-10-14(2)15(12-13)22-19(26)17-16-8-6-7-11-25(16)18(23-17)20(27)24-21(3,4)5/h9-10,12H,6-8,11H2,1-5H3,(H,22,26)(H,24,27). The number of amides is 2. The van der Waals surface area contributed by atoms with E-state index in [1.807, 2.05) is 57.4 Å². The number of hydrogen-bond acceptors (Lipinski definition) is 3. The molecule has 0 atom stereocenters. The van der Waals surface area contributed by atoms with Crippen LogP contribution >= 0.6 is 0 Å². The number of aromatic nitrogens is 2. The normalized spacial score (nSPS) is 13.8. The number of hydrogen-bond donors (Lipinski definition) is 2. The van der Waals surface area contributed by atoms with Crippen LogP contribution in [0.1, 0.15) is 71.5 Å². The van der Waals surface area contributed by atoms with Gasteiger partial charge in [0.05, 0.1) is 5.69 Å². The molecular formula is C21H28N4O2. The van der Waals surface area contributed by atoms with E-state index in [0.29, 0.717) is 18.1 Å². The van der Waals surface area contributed by atoms with Crippen molar-refractivity contribution >= 4 is 17.5 Å². The van der Waals surface area contributed by atoms with Gasteiger partial charge in [-0.05, 0) is 71.1 Å². The van der Waals surface area contributed by atoms with Crippen LogP contribution in [-0.4, -0.2) is 26.9 Å². The number of carbonyl (C=O) groups excluding carboxylic acids is 2. The first-order valence-corrected chi connectivity index (χ1v) is 9.46. The highest BCUT2D eigenvalue weighted by molar-refractivity contribution is 6.05. The topological polar surface area (TPSA) is 76.0 Å². The van der Waals surface area contributed by atoms with E-state index in [1.54, 1.807) is 0 Å². The maximum Gasteiger partial charge on any atom is 0.287 e. The summed E-state index contributed by atoms with van der Waals surface area (Å²) in [6.45, 7) is 10.5. The zero-order valence-electron chi connectivity index (χ0n) is 16.8. The smallest absolute Gasteiger partial charge is 0.287 e. The first-order chi connectivity index (χ1) is 12.7. The van der Waals surface area contributed by atoms with Crippen molar-refractivity contribution in [1.82, 2.24) is 14.9 Å². The van der Waals surface area contributed by atoms with Gasteiger partial charge in [0, 0.05) is 17.8 Å². The molecule has 6 heteroatoms. The molecule has 1 aromatic carbocycles. The highest BCUT2D eigenvalue weighted by Crippen LogP contribution is 2.23. The van der Waals surface area contributed by atoms with Crippen LogP contribution in [0.4, 0.5) is 5.69 Å². The van der Waals surface area contributed by atoms with Crippen LogP contribution < -0.4 is 10.6 Å². The van der Waals surface area contributed by atoms with Gasteiger partial charge in [-0.25, -0.2) is 4.98 Å². The molecule has 0 saturated heterocycles. The summed E-state index contributed by atoms with van der Waals surface area (Å²) in [5.74, 6) is -0.175. The molecule has 0 aliphatic carbocycles. The Hall–Kier alpha value is -2.63. The molecule has 2 heterocycles. The average molecular weight is 368 g/mol. The highest BCUT2D eigenvalue weighted by Gasteiger charge is 2.29. The second kappa shape index (κ2) is 7.18. The first-order valence-electron chi connectivity index (χ1n) is 9.46. The van der Waals surface area contributed by atoms with Crippen LogP contribution in [0.3, 0.4) is 0 Å². The molecule has 1 aliphatic heterocycles. The molecule has 2 aromatic rings. The van der Waals surface area contributed by atoms with Gasteiger partial charge in [-0.3, -0.25) is 9.59 Å². The molecule has 0 saturated carbocycles. The quantitative estimate of drug-likeness (QED) is 0.869. The lowest BCUT2D eigenvalue weighted by atomic mass is 10.1. The van der Waals surface area contributed by atoms with E-state index in [4.69, 9.17) is 0 Å². The monoisotopic (exact) mass is 368 g/mol. The van der Waals surface area contributed by atoms with Crippen LogP contribution in [0.5, 0.6) is 0 Å². The van der Waals surface area contributed by atoms with Crippen molar-refractivity contribution in [2.45, 2.75) is 66.0 Å². The third-order valence-electron chi connectivity index (χ3n) is 4.67. The molecule has 0 spiro atoms. The van der Waals surface area contributed by atoms with Crippen molar-refractivity contribution in [1.29, 1.82) is 0 Å². The van der Waals surface area contributed by atoms with Crippen molar-refractivity contribution in [3.63, 3.8) is 0 Å². The molecule has 0 fully saturated rings. The van der Waals surface area contributed by atoms with Gasteiger partial charge < -0.3 is 15.2 Å². The van der Waals surface area contributed by atoms with E-state index in [1.165, 1.54) is 0 Å². The van der Waals surface area contributed by atoms with E-state index >= 15 is 0 Å². The molecule has 1 aliphatic rings. The lowest BCUT2D eigenvalue weighted by Gasteiger charge is -2.22. The fourth-order valence-electron chi connectivity index (χ4n) is 3.35. The minimum absolute atomic E-state index is 0.239. The third-order valence-corrected chi connectivity index (χ3v) is 4.67. The molecule has 0 radical (unpaired) electrons. The zero-order valence-corrected chi connectivity index (χ0v) is 16.8. The third kappa shape index (κ3) is 4.21. The van der Waals surface area contributed by atoms with E-state index in [-0.39, 0.29) is 17.4 Å². The summed E-state index contributed by atoms with van der Waals surface area (Å²) in [7, 11) is 0. The second-order valence-corrected chi connectivity index (χ2v) is 8.32. The highest BCUT2D eigenvalue weighted by atomic mass is 16.2. The minimum atomic E-state index is -0.362. The Morgan fingerprint density at radius 2 is 1.85 bits per heavy atom. The summed E-state index contributed by atoms with van der Waals surface area (Å²) in [5, 5.41) is 5.92. The number of rotatable bonds is 3. The number of benzene rings is 1. The molecule has 3 rings (SSSR count). The summed E-state index contributed by atoms with van der Waals surface area (Å²) in [6, 6.07) is 5.94. The predicted octanol–water partition coefficient (Wildman–Crippen LogP) is 3.62. The number of carbonyl (C=O) groups is 2. The summed E-state index contributed by atoms with van der Waals surface area (Å²) >= 11 is 0. The number of aryl methyl sites for hydroxylation is 2. The maximum absolute atomic E-state index is 13.0. The molecule has 0 bridgehead atoms. The number of fused-ring (bicyclic) bond motifs is 1. The second-order valence-electron chi connectivity index (χ2n) is 8.32. The molecule has 27 heavy (non-hydrogen) atoms. The molecule has 0 unspecified atom stereocenters. The van der Waals surface area contributed by atoms with E-state index in [0.717, 1.165) is 41.8 Å². The van der Waals surface area contributed by atoms with Crippen LogP contribution in [0.25, 0.3) is 0 Å². The molecule has 2 amide bonds. The van der Waals surface area contributed by atoms with Gasteiger partial charge in [0.25, 0.3) is 11.8 Å². The Bertz CT molecular complexity index is 890. The minimum Gasteiger partial charge on any atom is -0.345 e. The zero-order chi connectivity index (χ0) is 19.8. The van der Waals surface area contributed by atoms with E-state index < -0.39 is 0 Å². The summed E-state index contributed by atoms with van der Waals surface area (Å²) in [4.78, 5) is 30.1. The fourth-order valence-corrected chi connectivity index (χ4v) is 3.35. The Kier molecular flexibility index (Phi) is 5.09. The van der Waals surface area contributed by atoms with Gasteiger partial charge >= 0.3 is 0 Å². The maximum atomic E-state index is 13.0. The van der Waals surface area contributed by atoms with Crippen LogP contribution in [0.2, 0.25) is 0 Å². The summed E-state index contributed by atoms with van der Waals surface area (Å²) in [5.41, 5.74) is 3.69. The summed E-state index contributed by atoms with van der Waals surface area (Å²) in [6.07, 6.45) is 2.73.